The molecule has 21 heavy (non-hydrogen) atoms. The van der Waals surface area contributed by atoms with Crippen molar-refractivity contribution in [2.45, 2.75) is 25.3 Å². The van der Waals surface area contributed by atoms with Crippen LogP contribution >= 0.6 is 0 Å². The Hall–Kier alpha value is -2.36. The minimum absolute atomic E-state index is 0.0187. The molecular formula is C17H18N2O2. The van der Waals surface area contributed by atoms with Crippen molar-refractivity contribution in [3.05, 3.63) is 59.9 Å². The summed E-state index contributed by atoms with van der Waals surface area (Å²) in [5, 5.41) is 12.3. The zero-order valence-electron chi connectivity index (χ0n) is 11.9. The van der Waals surface area contributed by atoms with Gasteiger partial charge in [0.05, 0.1) is 6.20 Å². The minimum atomic E-state index is -0.0532. The van der Waals surface area contributed by atoms with Crippen LogP contribution in [0.25, 0.3) is 0 Å². The van der Waals surface area contributed by atoms with Gasteiger partial charge >= 0.3 is 0 Å². The van der Waals surface area contributed by atoms with Crippen LogP contribution in [0.15, 0.2) is 48.8 Å². The van der Waals surface area contributed by atoms with Gasteiger partial charge in [-0.25, -0.2) is 0 Å². The van der Waals surface area contributed by atoms with Crippen molar-refractivity contribution >= 4 is 5.91 Å². The predicted octanol–water partition coefficient (Wildman–Crippen LogP) is 2.38. The highest BCUT2D eigenvalue weighted by atomic mass is 16.3. The first kappa shape index (κ1) is 13.6. The van der Waals surface area contributed by atoms with Gasteiger partial charge in [-0.3, -0.25) is 9.78 Å². The first-order valence-corrected chi connectivity index (χ1v) is 7.06. The Bertz CT molecular complexity index is 657. The van der Waals surface area contributed by atoms with Crippen molar-refractivity contribution in [2.24, 2.45) is 5.92 Å². The number of pyridine rings is 1. The van der Waals surface area contributed by atoms with E-state index >= 15 is 0 Å². The topological polar surface area (TPSA) is 62.2 Å². The van der Waals surface area contributed by atoms with Gasteiger partial charge in [0.2, 0.25) is 5.91 Å². The zero-order valence-corrected chi connectivity index (χ0v) is 11.9. The average molecular weight is 282 g/mol. The SMILES string of the molecule is C[C@]1(c2ccccc2)C[C@H]1C(=O)NCc1cncc(O)c1. The van der Waals surface area contributed by atoms with E-state index in [-0.39, 0.29) is 23.0 Å². The smallest absolute Gasteiger partial charge is 0.224 e. The summed E-state index contributed by atoms with van der Waals surface area (Å²) >= 11 is 0. The van der Waals surface area contributed by atoms with Crippen molar-refractivity contribution in [1.29, 1.82) is 0 Å². The number of nitrogens with zero attached hydrogens (tertiary/aromatic N) is 1. The highest BCUT2D eigenvalue weighted by molar-refractivity contribution is 5.84. The molecule has 0 unspecified atom stereocenters. The number of carbonyl (C=O) groups is 1. The van der Waals surface area contributed by atoms with Gasteiger partial charge in [-0.1, -0.05) is 37.3 Å². The number of amides is 1. The third-order valence-corrected chi connectivity index (χ3v) is 4.23. The van der Waals surface area contributed by atoms with Crippen molar-refractivity contribution in [3.8, 4) is 5.75 Å². The van der Waals surface area contributed by atoms with E-state index in [0.29, 0.717) is 6.54 Å². The molecule has 3 rings (SSSR count). The van der Waals surface area contributed by atoms with Gasteiger partial charge < -0.3 is 10.4 Å². The predicted molar refractivity (Wildman–Crippen MR) is 79.6 cm³/mol. The molecule has 1 aliphatic carbocycles. The van der Waals surface area contributed by atoms with Crippen LogP contribution in [0.1, 0.15) is 24.5 Å². The van der Waals surface area contributed by atoms with Crippen LogP contribution in [0.5, 0.6) is 5.75 Å². The Labute approximate surface area is 123 Å². The Morgan fingerprint density at radius 2 is 2.14 bits per heavy atom. The summed E-state index contributed by atoms with van der Waals surface area (Å²) in [6.45, 7) is 2.52. The highest BCUT2D eigenvalue weighted by Crippen LogP contribution is 2.53. The normalized spacial score (nSPS) is 23.6. The molecule has 2 atom stereocenters. The van der Waals surface area contributed by atoms with Crippen LogP contribution in [0.3, 0.4) is 0 Å². The molecule has 4 nitrogen and oxygen atoms in total. The van der Waals surface area contributed by atoms with Crippen molar-refractivity contribution in [1.82, 2.24) is 10.3 Å². The molecule has 1 amide bonds. The molecule has 1 saturated carbocycles. The largest absolute Gasteiger partial charge is 0.506 e. The molecule has 0 bridgehead atoms. The van der Waals surface area contributed by atoms with Crippen molar-refractivity contribution < 1.29 is 9.90 Å². The number of nitrogens with one attached hydrogen (secondary N) is 1. The lowest BCUT2D eigenvalue weighted by molar-refractivity contribution is -0.122. The molecule has 1 aromatic heterocycles. The molecule has 108 valence electrons. The van der Waals surface area contributed by atoms with E-state index in [1.165, 1.54) is 11.8 Å². The van der Waals surface area contributed by atoms with Gasteiger partial charge in [0.1, 0.15) is 5.75 Å². The van der Waals surface area contributed by atoms with E-state index in [9.17, 15) is 9.90 Å². The average Bonchev–Trinajstić information content (AvgIpc) is 3.20. The maximum atomic E-state index is 12.3. The summed E-state index contributed by atoms with van der Waals surface area (Å²) in [6.07, 6.45) is 3.89. The summed E-state index contributed by atoms with van der Waals surface area (Å²) in [7, 11) is 0. The summed E-state index contributed by atoms with van der Waals surface area (Å²) in [5.41, 5.74) is 1.96. The number of benzene rings is 1. The summed E-state index contributed by atoms with van der Waals surface area (Å²) in [5.74, 6) is 0.192. The summed E-state index contributed by atoms with van der Waals surface area (Å²) < 4.78 is 0. The lowest BCUT2D eigenvalue weighted by atomic mass is 9.95. The third kappa shape index (κ3) is 2.75. The highest BCUT2D eigenvalue weighted by Gasteiger charge is 2.55. The van der Waals surface area contributed by atoms with Crippen LogP contribution in [-0.2, 0) is 16.8 Å². The maximum Gasteiger partial charge on any atom is 0.224 e. The van der Waals surface area contributed by atoms with Gasteiger partial charge in [0.15, 0.2) is 0 Å². The number of rotatable bonds is 4. The Morgan fingerprint density at radius 1 is 1.38 bits per heavy atom. The van der Waals surface area contributed by atoms with Gasteiger partial charge in [-0.15, -0.1) is 0 Å². The number of aromatic hydroxyl groups is 1. The molecular weight excluding hydrogens is 264 g/mol. The standard InChI is InChI=1S/C17H18N2O2/c1-17(13-5-3-2-4-6-13)8-15(17)16(21)19-10-12-7-14(20)11-18-9-12/h2-7,9,11,15,20H,8,10H2,1H3,(H,19,21)/t15-,17+/m0/s1. The summed E-state index contributed by atoms with van der Waals surface area (Å²) in [6, 6.07) is 11.8. The molecule has 0 spiro atoms. The Kier molecular flexibility index (Phi) is 3.37. The van der Waals surface area contributed by atoms with Crippen molar-refractivity contribution in [3.63, 3.8) is 0 Å². The molecule has 0 saturated heterocycles. The fourth-order valence-corrected chi connectivity index (χ4v) is 2.77. The molecule has 4 heteroatoms. The van der Waals surface area contributed by atoms with Crippen LogP contribution < -0.4 is 5.32 Å². The first-order valence-electron chi connectivity index (χ1n) is 7.06. The fraction of sp³-hybridized carbons (Fsp3) is 0.294. The van der Waals surface area contributed by atoms with E-state index in [0.717, 1.165) is 12.0 Å². The second kappa shape index (κ2) is 5.20. The molecule has 1 aliphatic rings. The van der Waals surface area contributed by atoms with Gasteiger partial charge in [-0.2, -0.15) is 0 Å². The Morgan fingerprint density at radius 3 is 2.86 bits per heavy atom. The molecule has 1 heterocycles. The molecule has 2 aromatic rings. The summed E-state index contributed by atoms with van der Waals surface area (Å²) in [4.78, 5) is 16.2. The van der Waals surface area contributed by atoms with Gasteiger partial charge in [0.25, 0.3) is 0 Å². The Balaban J connectivity index is 1.61. The van der Waals surface area contributed by atoms with E-state index in [1.54, 1.807) is 12.3 Å². The zero-order chi connectivity index (χ0) is 14.9. The third-order valence-electron chi connectivity index (χ3n) is 4.23. The lowest BCUT2D eigenvalue weighted by Gasteiger charge is -2.12. The second-order valence-electron chi connectivity index (χ2n) is 5.81. The molecule has 0 aliphatic heterocycles. The van der Waals surface area contributed by atoms with Crippen LogP contribution in [0.2, 0.25) is 0 Å². The molecule has 1 fully saturated rings. The van der Waals surface area contributed by atoms with Crippen LogP contribution in [-0.4, -0.2) is 16.0 Å². The molecule has 0 radical (unpaired) electrons. The fourth-order valence-electron chi connectivity index (χ4n) is 2.77. The molecule has 2 N–H and O–H groups in total. The number of carbonyl (C=O) groups excluding carboxylic acids is 1. The van der Waals surface area contributed by atoms with E-state index in [2.05, 4.69) is 29.4 Å². The first-order chi connectivity index (χ1) is 10.1. The van der Waals surface area contributed by atoms with E-state index in [1.807, 2.05) is 18.2 Å². The van der Waals surface area contributed by atoms with Gasteiger partial charge in [0, 0.05) is 24.1 Å². The number of hydrogen-bond acceptors (Lipinski definition) is 3. The quantitative estimate of drug-likeness (QED) is 0.905. The second-order valence-corrected chi connectivity index (χ2v) is 5.81. The number of aromatic nitrogens is 1. The van der Waals surface area contributed by atoms with Crippen LogP contribution in [0.4, 0.5) is 0 Å². The number of hydrogen-bond donors (Lipinski definition) is 2. The lowest BCUT2D eigenvalue weighted by Crippen LogP contribution is -2.27. The van der Waals surface area contributed by atoms with Crippen LogP contribution in [0, 0.1) is 5.92 Å². The molecule has 1 aromatic carbocycles. The van der Waals surface area contributed by atoms with Gasteiger partial charge in [-0.05, 0) is 23.6 Å². The minimum Gasteiger partial charge on any atom is -0.506 e. The maximum absolute atomic E-state index is 12.3. The van der Waals surface area contributed by atoms with Crippen molar-refractivity contribution in [2.75, 3.05) is 0 Å². The van der Waals surface area contributed by atoms with E-state index < -0.39 is 0 Å². The van der Waals surface area contributed by atoms with E-state index in [4.69, 9.17) is 0 Å². The monoisotopic (exact) mass is 282 g/mol.